The van der Waals surface area contributed by atoms with E-state index in [-0.39, 0.29) is 0 Å². The molecule has 4 heterocycles. The molecule has 5 rings (SSSR count). The molecular weight excluding hydrogens is 306 g/mol. The highest BCUT2D eigenvalue weighted by molar-refractivity contribution is 7.19. The minimum absolute atomic E-state index is 0.300. The SMILES string of the molecule is c1c[nH]c(C2CCCCN2c2ncnc3sc4c(c23)CCC4)n1. The van der Waals surface area contributed by atoms with Crippen molar-refractivity contribution in [1.82, 2.24) is 19.9 Å². The summed E-state index contributed by atoms with van der Waals surface area (Å²) >= 11 is 1.86. The van der Waals surface area contributed by atoms with Crippen molar-refractivity contribution in [3.05, 3.63) is 35.0 Å². The van der Waals surface area contributed by atoms with Gasteiger partial charge >= 0.3 is 0 Å². The largest absolute Gasteiger partial charge is 0.347 e. The van der Waals surface area contributed by atoms with Crippen molar-refractivity contribution in [1.29, 1.82) is 0 Å². The lowest BCUT2D eigenvalue weighted by atomic mass is 10.0. The molecule has 1 atom stereocenters. The number of aromatic amines is 1. The second-order valence-electron chi connectivity index (χ2n) is 6.41. The lowest BCUT2D eigenvalue weighted by molar-refractivity contribution is 0.456. The van der Waals surface area contributed by atoms with Gasteiger partial charge in [-0.3, -0.25) is 0 Å². The minimum atomic E-state index is 0.300. The number of aryl methyl sites for hydroxylation is 2. The summed E-state index contributed by atoms with van der Waals surface area (Å²) in [6.45, 7) is 1.04. The predicted octanol–water partition coefficient (Wildman–Crippen LogP) is 3.63. The van der Waals surface area contributed by atoms with Gasteiger partial charge in [-0.15, -0.1) is 11.3 Å². The van der Waals surface area contributed by atoms with E-state index in [9.17, 15) is 0 Å². The number of imidazole rings is 1. The van der Waals surface area contributed by atoms with Gasteiger partial charge < -0.3 is 9.88 Å². The summed E-state index contributed by atoms with van der Waals surface area (Å²) in [7, 11) is 0. The second-order valence-corrected chi connectivity index (χ2v) is 7.50. The molecule has 0 saturated carbocycles. The van der Waals surface area contributed by atoms with E-state index in [1.165, 1.54) is 47.9 Å². The second kappa shape index (κ2) is 5.30. The van der Waals surface area contributed by atoms with Gasteiger partial charge in [-0.1, -0.05) is 0 Å². The highest BCUT2D eigenvalue weighted by atomic mass is 32.1. The van der Waals surface area contributed by atoms with Crippen molar-refractivity contribution in [2.24, 2.45) is 0 Å². The Kier molecular flexibility index (Phi) is 3.11. The zero-order chi connectivity index (χ0) is 15.2. The number of nitrogens with one attached hydrogen (secondary N) is 1. The van der Waals surface area contributed by atoms with Gasteiger partial charge in [0.1, 0.15) is 22.8 Å². The molecule has 118 valence electrons. The van der Waals surface area contributed by atoms with E-state index in [2.05, 4.69) is 19.9 Å². The van der Waals surface area contributed by atoms with Crippen LogP contribution in [-0.4, -0.2) is 26.5 Å². The zero-order valence-corrected chi connectivity index (χ0v) is 13.8. The van der Waals surface area contributed by atoms with Crippen LogP contribution < -0.4 is 4.90 Å². The number of hydrogen-bond acceptors (Lipinski definition) is 5. The number of hydrogen-bond donors (Lipinski definition) is 1. The summed E-state index contributed by atoms with van der Waals surface area (Å²) < 4.78 is 0. The van der Waals surface area contributed by atoms with Crippen LogP contribution >= 0.6 is 11.3 Å². The van der Waals surface area contributed by atoms with Gasteiger partial charge in [0.2, 0.25) is 0 Å². The molecule has 3 aromatic rings. The number of nitrogens with zero attached hydrogens (tertiary/aromatic N) is 4. The van der Waals surface area contributed by atoms with E-state index in [1.54, 1.807) is 6.33 Å². The molecule has 0 aromatic carbocycles. The quantitative estimate of drug-likeness (QED) is 0.781. The predicted molar refractivity (Wildman–Crippen MR) is 92.0 cm³/mol. The average Bonchev–Trinajstić information content (AvgIpc) is 3.31. The first-order chi connectivity index (χ1) is 11.4. The van der Waals surface area contributed by atoms with Gasteiger partial charge in [0.15, 0.2) is 0 Å². The van der Waals surface area contributed by atoms with Crippen molar-refractivity contribution in [3.63, 3.8) is 0 Å². The lowest BCUT2D eigenvalue weighted by Crippen LogP contribution is -2.34. The zero-order valence-electron chi connectivity index (χ0n) is 13.0. The first-order valence-corrected chi connectivity index (χ1v) is 9.24. The number of aromatic nitrogens is 4. The maximum Gasteiger partial charge on any atom is 0.141 e. The van der Waals surface area contributed by atoms with Crippen LogP contribution in [0.25, 0.3) is 10.2 Å². The molecule has 1 aliphatic heterocycles. The molecule has 1 saturated heterocycles. The molecule has 0 amide bonds. The molecule has 0 bridgehead atoms. The smallest absolute Gasteiger partial charge is 0.141 e. The maximum atomic E-state index is 4.72. The van der Waals surface area contributed by atoms with E-state index >= 15 is 0 Å². The molecule has 0 radical (unpaired) electrons. The van der Waals surface area contributed by atoms with Gasteiger partial charge in [-0.05, 0) is 44.1 Å². The summed E-state index contributed by atoms with van der Waals surface area (Å²) in [5.41, 5.74) is 1.50. The van der Waals surface area contributed by atoms with Crippen molar-refractivity contribution in [2.45, 2.75) is 44.6 Å². The first kappa shape index (κ1) is 13.5. The van der Waals surface area contributed by atoms with Gasteiger partial charge in [0, 0.05) is 23.8 Å². The fourth-order valence-electron chi connectivity index (χ4n) is 4.06. The molecular formula is C17H19N5S. The molecule has 1 fully saturated rings. The molecule has 2 aliphatic rings. The van der Waals surface area contributed by atoms with Crippen LogP contribution in [0.15, 0.2) is 18.7 Å². The van der Waals surface area contributed by atoms with Crippen LogP contribution in [0.1, 0.15) is 48.0 Å². The Balaban J connectivity index is 1.66. The van der Waals surface area contributed by atoms with Crippen LogP contribution in [0.4, 0.5) is 5.82 Å². The molecule has 23 heavy (non-hydrogen) atoms. The number of thiophene rings is 1. The van der Waals surface area contributed by atoms with E-state index in [0.717, 1.165) is 29.4 Å². The van der Waals surface area contributed by atoms with Crippen LogP contribution in [0.5, 0.6) is 0 Å². The number of anilines is 1. The number of piperidine rings is 1. The van der Waals surface area contributed by atoms with Gasteiger partial charge in [0.05, 0.1) is 11.4 Å². The van der Waals surface area contributed by atoms with Crippen LogP contribution in [0.2, 0.25) is 0 Å². The van der Waals surface area contributed by atoms with E-state index in [1.807, 2.05) is 23.7 Å². The monoisotopic (exact) mass is 325 g/mol. The molecule has 1 aliphatic carbocycles. The van der Waals surface area contributed by atoms with Crippen LogP contribution in [0, 0.1) is 0 Å². The van der Waals surface area contributed by atoms with E-state index in [4.69, 9.17) is 4.98 Å². The number of rotatable bonds is 2. The van der Waals surface area contributed by atoms with Crippen LogP contribution in [0.3, 0.4) is 0 Å². The molecule has 5 nitrogen and oxygen atoms in total. The van der Waals surface area contributed by atoms with Crippen molar-refractivity contribution < 1.29 is 0 Å². The summed E-state index contributed by atoms with van der Waals surface area (Å²) in [6, 6.07) is 0.300. The fraction of sp³-hybridized carbons (Fsp3) is 0.471. The summed E-state index contributed by atoms with van der Waals surface area (Å²) in [6.07, 6.45) is 12.7. The molecule has 3 aromatic heterocycles. The van der Waals surface area contributed by atoms with Gasteiger partial charge in [-0.25, -0.2) is 15.0 Å². The normalized spacial score (nSPS) is 21.0. The third kappa shape index (κ3) is 2.08. The van der Waals surface area contributed by atoms with E-state index in [0.29, 0.717) is 6.04 Å². The Bertz CT molecular complexity index is 838. The maximum absolute atomic E-state index is 4.72. The third-order valence-electron chi connectivity index (χ3n) is 5.09. The standard InChI is InChI=1S/C17H19N5S/c1-2-9-22(12(5-1)15-18-7-8-19-15)16-14-11-4-3-6-13(11)23-17(14)21-10-20-16/h7-8,10,12H,1-6,9H2,(H,18,19). The van der Waals surface area contributed by atoms with Crippen LogP contribution in [-0.2, 0) is 12.8 Å². The van der Waals surface area contributed by atoms with Gasteiger partial charge in [-0.2, -0.15) is 0 Å². The Morgan fingerprint density at radius 1 is 1.13 bits per heavy atom. The van der Waals surface area contributed by atoms with Crippen molar-refractivity contribution >= 4 is 27.4 Å². The highest BCUT2D eigenvalue weighted by Crippen LogP contribution is 2.43. The Morgan fingerprint density at radius 3 is 3.04 bits per heavy atom. The minimum Gasteiger partial charge on any atom is -0.347 e. The Hall–Kier alpha value is -1.95. The Morgan fingerprint density at radius 2 is 2.13 bits per heavy atom. The number of H-pyrrole nitrogens is 1. The third-order valence-corrected chi connectivity index (χ3v) is 6.29. The lowest BCUT2D eigenvalue weighted by Gasteiger charge is -2.35. The van der Waals surface area contributed by atoms with Crippen molar-refractivity contribution in [2.75, 3.05) is 11.4 Å². The topological polar surface area (TPSA) is 57.7 Å². The van der Waals surface area contributed by atoms with Crippen molar-refractivity contribution in [3.8, 4) is 0 Å². The van der Waals surface area contributed by atoms with Gasteiger partial charge in [0.25, 0.3) is 0 Å². The molecule has 0 spiro atoms. The number of fused-ring (bicyclic) bond motifs is 3. The molecule has 1 N–H and O–H groups in total. The Labute approximate surface area is 138 Å². The molecule has 6 heteroatoms. The van der Waals surface area contributed by atoms with E-state index < -0.39 is 0 Å². The average molecular weight is 325 g/mol. The highest BCUT2D eigenvalue weighted by Gasteiger charge is 2.30. The summed E-state index contributed by atoms with van der Waals surface area (Å²) in [4.78, 5) is 22.2. The fourth-order valence-corrected chi connectivity index (χ4v) is 5.28. The molecule has 1 unspecified atom stereocenters. The first-order valence-electron chi connectivity index (χ1n) is 8.43. The summed E-state index contributed by atoms with van der Waals surface area (Å²) in [5, 5.41) is 1.31. The summed E-state index contributed by atoms with van der Waals surface area (Å²) in [5.74, 6) is 2.18.